The predicted molar refractivity (Wildman–Crippen MR) is 42.7 cm³/mol. The third-order valence-corrected chi connectivity index (χ3v) is 0.999. The van der Waals surface area contributed by atoms with Crippen molar-refractivity contribution in [2.24, 2.45) is 0 Å². The van der Waals surface area contributed by atoms with E-state index in [9.17, 15) is 4.79 Å². The quantitative estimate of drug-likeness (QED) is 0.473. The van der Waals surface area contributed by atoms with Gasteiger partial charge in [0, 0.05) is 19.5 Å². The maximum absolute atomic E-state index is 9.90. The Labute approximate surface area is 71.5 Å². The van der Waals surface area contributed by atoms with Crippen molar-refractivity contribution in [1.82, 2.24) is 0 Å². The lowest BCUT2D eigenvalue weighted by molar-refractivity contribution is -0.130. The number of methoxy groups -OCH3 is 1. The molecular formula is C8H12O4. The average molecular weight is 172 g/mol. The molecule has 0 aliphatic rings. The van der Waals surface area contributed by atoms with Crippen molar-refractivity contribution in [3.8, 4) is 11.8 Å². The fourth-order valence-corrected chi connectivity index (χ4v) is 0.506. The van der Waals surface area contributed by atoms with Crippen LogP contribution in [0.15, 0.2) is 0 Å². The zero-order valence-corrected chi connectivity index (χ0v) is 7.00. The van der Waals surface area contributed by atoms with Crippen molar-refractivity contribution in [1.29, 1.82) is 0 Å². The summed E-state index contributed by atoms with van der Waals surface area (Å²) in [5.41, 5.74) is 0. The highest BCUT2D eigenvalue weighted by atomic mass is 16.5. The van der Waals surface area contributed by atoms with E-state index in [1.807, 2.05) is 5.92 Å². The number of aliphatic carboxylic acids is 1. The fourth-order valence-electron chi connectivity index (χ4n) is 0.506. The number of hydrogen-bond acceptors (Lipinski definition) is 3. The number of ether oxygens (including phenoxy) is 2. The van der Waals surface area contributed by atoms with Crippen molar-refractivity contribution in [2.45, 2.75) is 6.42 Å². The molecule has 0 spiro atoms. The zero-order chi connectivity index (χ0) is 9.23. The largest absolute Gasteiger partial charge is 0.472 e. The molecule has 0 bridgehead atoms. The van der Waals surface area contributed by atoms with Crippen molar-refractivity contribution >= 4 is 5.97 Å². The van der Waals surface area contributed by atoms with Crippen LogP contribution in [0.2, 0.25) is 0 Å². The summed E-state index contributed by atoms with van der Waals surface area (Å²) in [5.74, 6) is 3.33. The summed E-state index contributed by atoms with van der Waals surface area (Å²) in [7, 11) is 1.59. The first-order valence-corrected chi connectivity index (χ1v) is 3.56. The van der Waals surface area contributed by atoms with Crippen LogP contribution in [0.3, 0.4) is 0 Å². The number of carboxylic acids is 1. The molecule has 0 saturated carbocycles. The molecule has 0 aromatic heterocycles. The van der Waals surface area contributed by atoms with Crippen molar-refractivity contribution in [3.63, 3.8) is 0 Å². The summed E-state index contributed by atoms with van der Waals surface area (Å²) in [6, 6.07) is 0. The SMILES string of the molecule is COCCOCCC#CC(=O)O. The number of carbonyl (C=O) groups is 1. The Balaban J connectivity index is 3.12. The van der Waals surface area contributed by atoms with Gasteiger partial charge in [-0.05, 0) is 0 Å². The highest BCUT2D eigenvalue weighted by Gasteiger charge is 1.86. The van der Waals surface area contributed by atoms with Crippen LogP contribution in [0.25, 0.3) is 0 Å². The van der Waals surface area contributed by atoms with Gasteiger partial charge in [-0.2, -0.15) is 0 Å². The van der Waals surface area contributed by atoms with Crippen LogP contribution in [0, 0.1) is 11.8 Å². The zero-order valence-electron chi connectivity index (χ0n) is 7.00. The van der Waals surface area contributed by atoms with E-state index in [0.717, 1.165) is 0 Å². The smallest absolute Gasteiger partial charge is 0.381 e. The minimum atomic E-state index is -1.10. The summed E-state index contributed by atoms with van der Waals surface area (Å²) in [4.78, 5) is 9.90. The van der Waals surface area contributed by atoms with Gasteiger partial charge in [-0.15, -0.1) is 0 Å². The minimum absolute atomic E-state index is 0.440. The minimum Gasteiger partial charge on any atom is -0.472 e. The molecule has 0 aliphatic carbocycles. The first-order valence-electron chi connectivity index (χ1n) is 3.56. The molecule has 0 heterocycles. The van der Waals surface area contributed by atoms with Crippen LogP contribution in [0.5, 0.6) is 0 Å². The molecule has 0 rings (SSSR count). The number of rotatable bonds is 5. The maximum Gasteiger partial charge on any atom is 0.381 e. The molecule has 0 aliphatic heterocycles. The third-order valence-electron chi connectivity index (χ3n) is 0.999. The van der Waals surface area contributed by atoms with Gasteiger partial charge < -0.3 is 14.6 Å². The molecule has 1 N–H and O–H groups in total. The van der Waals surface area contributed by atoms with Crippen LogP contribution in [-0.2, 0) is 14.3 Å². The van der Waals surface area contributed by atoms with Gasteiger partial charge in [0.15, 0.2) is 0 Å². The second kappa shape index (κ2) is 8.05. The summed E-state index contributed by atoms with van der Waals surface area (Å²) in [5, 5.41) is 8.12. The molecule has 4 heteroatoms. The van der Waals surface area contributed by atoms with Gasteiger partial charge in [0.05, 0.1) is 19.8 Å². The second-order valence-corrected chi connectivity index (χ2v) is 1.96. The standard InChI is InChI=1S/C8H12O4/c1-11-6-7-12-5-3-2-4-8(9)10/h3,5-7H2,1H3,(H,9,10). The lowest BCUT2D eigenvalue weighted by Gasteiger charge is -1.98. The summed E-state index contributed by atoms with van der Waals surface area (Å²) >= 11 is 0. The van der Waals surface area contributed by atoms with E-state index < -0.39 is 5.97 Å². The van der Waals surface area contributed by atoms with Crippen LogP contribution in [-0.4, -0.2) is 38.0 Å². The summed E-state index contributed by atoms with van der Waals surface area (Å²) in [6.45, 7) is 1.52. The fraction of sp³-hybridized carbons (Fsp3) is 0.625. The van der Waals surface area contributed by atoms with E-state index in [-0.39, 0.29) is 0 Å². The van der Waals surface area contributed by atoms with E-state index in [0.29, 0.717) is 26.2 Å². The highest BCUT2D eigenvalue weighted by Crippen LogP contribution is 1.80. The maximum atomic E-state index is 9.90. The summed E-state index contributed by atoms with van der Waals surface area (Å²) in [6.07, 6.45) is 0.440. The Bertz CT molecular complexity index is 177. The normalized spacial score (nSPS) is 8.75. The Morgan fingerprint density at radius 1 is 1.42 bits per heavy atom. The Morgan fingerprint density at radius 2 is 2.17 bits per heavy atom. The predicted octanol–water partition coefficient (Wildman–Crippen LogP) is 0.128. The van der Waals surface area contributed by atoms with Crippen LogP contribution < -0.4 is 0 Å². The lowest BCUT2D eigenvalue weighted by atomic mass is 10.4. The first kappa shape index (κ1) is 11.0. The Kier molecular flexibility index (Phi) is 7.35. The molecule has 0 unspecified atom stereocenters. The third kappa shape index (κ3) is 8.95. The molecule has 0 aromatic carbocycles. The molecule has 0 atom stereocenters. The van der Waals surface area contributed by atoms with Gasteiger partial charge in [-0.25, -0.2) is 4.79 Å². The number of hydrogen-bond donors (Lipinski definition) is 1. The van der Waals surface area contributed by atoms with E-state index in [4.69, 9.17) is 14.6 Å². The van der Waals surface area contributed by atoms with Gasteiger partial charge >= 0.3 is 5.97 Å². The van der Waals surface area contributed by atoms with Gasteiger partial charge in [-0.1, -0.05) is 5.92 Å². The van der Waals surface area contributed by atoms with Crippen LogP contribution in [0.4, 0.5) is 0 Å². The van der Waals surface area contributed by atoms with Gasteiger partial charge in [0.25, 0.3) is 0 Å². The monoisotopic (exact) mass is 172 g/mol. The van der Waals surface area contributed by atoms with E-state index in [2.05, 4.69) is 5.92 Å². The Hall–Kier alpha value is -1.05. The molecule has 0 saturated heterocycles. The van der Waals surface area contributed by atoms with E-state index >= 15 is 0 Å². The Morgan fingerprint density at radius 3 is 2.75 bits per heavy atom. The van der Waals surface area contributed by atoms with Crippen LogP contribution in [0.1, 0.15) is 6.42 Å². The number of carboxylic acid groups (broad SMARTS) is 1. The molecular weight excluding hydrogens is 160 g/mol. The molecule has 4 nitrogen and oxygen atoms in total. The van der Waals surface area contributed by atoms with Gasteiger partial charge in [-0.3, -0.25) is 0 Å². The highest BCUT2D eigenvalue weighted by molar-refractivity contribution is 5.86. The van der Waals surface area contributed by atoms with Crippen molar-refractivity contribution < 1.29 is 19.4 Å². The lowest BCUT2D eigenvalue weighted by Crippen LogP contribution is -2.02. The van der Waals surface area contributed by atoms with Gasteiger partial charge in [0.1, 0.15) is 0 Å². The molecule has 0 amide bonds. The van der Waals surface area contributed by atoms with E-state index in [1.165, 1.54) is 0 Å². The molecule has 0 fully saturated rings. The summed E-state index contributed by atoms with van der Waals surface area (Å²) < 4.78 is 9.77. The van der Waals surface area contributed by atoms with Crippen molar-refractivity contribution in [2.75, 3.05) is 26.9 Å². The second-order valence-electron chi connectivity index (χ2n) is 1.96. The molecule has 12 heavy (non-hydrogen) atoms. The topological polar surface area (TPSA) is 55.8 Å². The molecule has 0 aromatic rings. The average Bonchev–Trinajstić information content (AvgIpc) is 2.02. The molecule has 0 radical (unpaired) electrons. The molecule has 68 valence electrons. The first-order chi connectivity index (χ1) is 5.77. The van der Waals surface area contributed by atoms with Gasteiger partial charge in [0.2, 0.25) is 0 Å². The van der Waals surface area contributed by atoms with E-state index in [1.54, 1.807) is 7.11 Å². The van der Waals surface area contributed by atoms with Crippen LogP contribution >= 0.6 is 0 Å². The van der Waals surface area contributed by atoms with Crippen molar-refractivity contribution in [3.05, 3.63) is 0 Å².